The number of carbonyl (C=O) groups is 3. The van der Waals surface area contributed by atoms with Crippen LogP contribution in [-0.2, 0) is 9.59 Å². The van der Waals surface area contributed by atoms with E-state index >= 15 is 0 Å². The minimum atomic E-state index is -0.558. The number of nitrogens with one attached hydrogen (secondary N) is 1. The van der Waals surface area contributed by atoms with Crippen molar-refractivity contribution in [2.45, 2.75) is 5.92 Å². The summed E-state index contributed by atoms with van der Waals surface area (Å²) in [6.45, 7) is -0.0996. The third-order valence-electron chi connectivity index (χ3n) is 6.60. The number of hydrogen-bond acceptors (Lipinski definition) is 4. The summed E-state index contributed by atoms with van der Waals surface area (Å²) in [6.07, 6.45) is 0. The van der Waals surface area contributed by atoms with E-state index in [1.165, 1.54) is 9.80 Å². The Morgan fingerprint density at radius 2 is 1.36 bits per heavy atom. The van der Waals surface area contributed by atoms with Gasteiger partial charge in [-0.25, -0.2) is 0 Å². The van der Waals surface area contributed by atoms with Gasteiger partial charge < -0.3 is 10.2 Å². The van der Waals surface area contributed by atoms with Gasteiger partial charge in [-0.1, -0.05) is 66.7 Å². The molecular weight excluding hydrogens is 488 g/mol. The van der Waals surface area contributed by atoms with E-state index in [0.29, 0.717) is 22.6 Å². The predicted octanol–water partition coefficient (Wildman–Crippen LogP) is 5.28. The van der Waals surface area contributed by atoms with Gasteiger partial charge >= 0.3 is 0 Å². The molecule has 1 N–H and O–H groups in total. The second-order valence-corrected chi connectivity index (χ2v) is 9.43. The number of benzene rings is 4. The maximum Gasteiger partial charge on any atom is 0.258 e. The highest BCUT2D eigenvalue weighted by Crippen LogP contribution is 2.36. The van der Waals surface area contributed by atoms with Crippen LogP contribution in [0.15, 0.2) is 114 Å². The Balaban J connectivity index is 1.52. The van der Waals surface area contributed by atoms with Crippen molar-refractivity contribution in [3.05, 3.63) is 126 Å². The van der Waals surface area contributed by atoms with Crippen molar-refractivity contribution in [1.29, 1.82) is 0 Å². The molecule has 39 heavy (non-hydrogen) atoms. The maximum atomic E-state index is 13.4. The molecule has 1 unspecified atom stereocenters. The van der Waals surface area contributed by atoms with Gasteiger partial charge in [0.15, 0.2) is 0 Å². The zero-order chi connectivity index (χ0) is 27.4. The second-order valence-electron chi connectivity index (χ2n) is 9.43. The molecule has 0 saturated heterocycles. The van der Waals surface area contributed by atoms with Crippen LogP contribution in [0.1, 0.15) is 27.4 Å². The fourth-order valence-electron chi connectivity index (χ4n) is 4.52. The van der Waals surface area contributed by atoms with E-state index in [9.17, 15) is 14.4 Å². The van der Waals surface area contributed by atoms with E-state index in [1.807, 2.05) is 60.7 Å². The van der Waals surface area contributed by atoms with Gasteiger partial charge in [-0.3, -0.25) is 24.3 Å². The molecule has 0 saturated carbocycles. The summed E-state index contributed by atoms with van der Waals surface area (Å²) in [7, 11) is 3.32. The second kappa shape index (κ2) is 11.1. The van der Waals surface area contributed by atoms with Crippen molar-refractivity contribution >= 4 is 40.5 Å². The molecule has 0 aromatic heterocycles. The molecule has 5 rings (SSSR count). The van der Waals surface area contributed by atoms with Crippen molar-refractivity contribution < 1.29 is 14.4 Å². The van der Waals surface area contributed by atoms with Crippen LogP contribution in [0.25, 0.3) is 0 Å². The largest absolute Gasteiger partial charge is 0.347 e. The lowest BCUT2D eigenvalue weighted by Crippen LogP contribution is -2.40. The molecule has 1 heterocycles. The smallest absolute Gasteiger partial charge is 0.258 e. The first-order valence-electron chi connectivity index (χ1n) is 12.6. The van der Waals surface area contributed by atoms with Crippen LogP contribution in [0.2, 0.25) is 0 Å². The van der Waals surface area contributed by atoms with Crippen LogP contribution >= 0.6 is 0 Å². The number of carbonyl (C=O) groups excluding carboxylic acids is 3. The van der Waals surface area contributed by atoms with E-state index in [0.717, 1.165) is 16.8 Å². The lowest BCUT2D eigenvalue weighted by Gasteiger charge is -2.24. The monoisotopic (exact) mass is 516 g/mol. The molecule has 0 fully saturated rings. The van der Waals surface area contributed by atoms with E-state index in [1.54, 1.807) is 62.6 Å². The van der Waals surface area contributed by atoms with E-state index in [-0.39, 0.29) is 24.3 Å². The van der Waals surface area contributed by atoms with Gasteiger partial charge in [0.1, 0.15) is 12.5 Å². The SMILES string of the molecule is CN(C)C(=O)CN(C(=O)c1ccccc1)c1ccc(N=C(c2ccccc2)C2C(=O)Nc3ccccc32)cc1. The molecule has 4 aromatic rings. The Bertz CT molecular complexity index is 1530. The zero-order valence-electron chi connectivity index (χ0n) is 21.7. The zero-order valence-corrected chi connectivity index (χ0v) is 21.7. The van der Waals surface area contributed by atoms with Gasteiger partial charge in [-0.2, -0.15) is 0 Å². The number of rotatable bonds is 7. The van der Waals surface area contributed by atoms with Gasteiger partial charge in [0.05, 0.1) is 11.4 Å². The number of amides is 3. The number of para-hydroxylation sites is 1. The van der Waals surface area contributed by atoms with Gasteiger partial charge in [-0.05, 0) is 53.6 Å². The summed E-state index contributed by atoms with van der Waals surface area (Å²) in [4.78, 5) is 46.9. The number of aliphatic imine (C=N–C) groups is 1. The first-order chi connectivity index (χ1) is 18.9. The number of nitrogens with zero attached hydrogens (tertiary/aromatic N) is 3. The standard InChI is InChI=1S/C32H28N4O3/c1-35(2)28(37)21-36(32(39)23-13-7-4-8-14-23)25-19-17-24(18-20-25)33-30(22-11-5-3-6-12-22)29-26-15-9-10-16-27(26)34-31(29)38/h3-20,29H,21H2,1-2H3,(H,34,38). The summed E-state index contributed by atoms with van der Waals surface area (Å²) >= 11 is 0. The van der Waals surface area contributed by atoms with Gasteiger partial charge in [0.25, 0.3) is 5.91 Å². The summed E-state index contributed by atoms with van der Waals surface area (Å²) in [5.41, 5.74) is 4.82. The van der Waals surface area contributed by atoms with Crippen LogP contribution in [-0.4, -0.2) is 49.0 Å². The number of anilines is 2. The molecule has 7 heteroatoms. The lowest BCUT2D eigenvalue weighted by molar-refractivity contribution is -0.127. The molecule has 0 aliphatic carbocycles. The van der Waals surface area contributed by atoms with Crippen LogP contribution in [0, 0.1) is 0 Å². The van der Waals surface area contributed by atoms with Crippen LogP contribution in [0.3, 0.4) is 0 Å². The summed E-state index contributed by atoms with van der Waals surface area (Å²) in [5, 5.41) is 2.96. The Morgan fingerprint density at radius 3 is 2.00 bits per heavy atom. The number of likely N-dealkylation sites (N-methyl/N-ethyl adjacent to an activating group) is 1. The Hall–Kier alpha value is -5.04. The minimum absolute atomic E-state index is 0.0996. The van der Waals surface area contributed by atoms with Crippen LogP contribution < -0.4 is 10.2 Å². The van der Waals surface area contributed by atoms with Gasteiger partial charge in [-0.15, -0.1) is 0 Å². The third-order valence-corrected chi connectivity index (χ3v) is 6.60. The molecule has 1 aliphatic rings. The number of fused-ring (bicyclic) bond motifs is 1. The maximum absolute atomic E-state index is 13.4. The lowest BCUT2D eigenvalue weighted by atomic mass is 9.90. The fourth-order valence-corrected chi connectivity index (χ4v) is 4.52. The average Bonchev–Trinajstić information content (AvgIpc) is 3.30. The minimum Gasteiger partial charge on any atom is -0.347 e. The normalized spacial score (nSPS) is 14.4. The Kier molecular flexibility index (Phi) is 7.32. The Labute approximate surface area is 227 Å². The Morgan fingerprint density at radius 1 is 0.769 bits per heavy atom. The highest BCUT2D eigenvalue weighted by Gasteiger charge is 2.35. The molecular formula is C32H28N4O3. The third kappa shape index (κ3) is 5.48. The van der Waals surface area contributed by atoms with Crippen molar-refractivity contribution in [3.63, 3.8) is 0 Å². The van der Waals surface area contributed by atoms with Crippen LogP contribution in [0.5, 0.6) is 0 Å². The van der Waals surface area contributed by atoms with Crippen LogP contribution in [0.4, 0.5) is 17.1 Å². The number of hydrogen-bond donors (Lipinski definition) is 1. The summed E-state index contributed by atoms with van der Waals surface area (Å²) < 4.78 is 0. The fraction of sp³-hybridized carbons (Fsp3) is 0.125. The molecule has 194 valence electrons. The van der Waals surface area contributed by atoms with Crippen molar-refractivity contribution in [3.8, 4) is 0 Å². The van der Waals surface area contributed by atoms with E-state index < -0.39 is 5.92 Å². The molecule has 0 spiro atoms. The highest BCUT2D eigenvalue weighted by molar-refractivity contribution is 6.24. The molecule has 4 aromatic carbocycles. The predicted molar refractivity (Wildman–Crippen MR) is 154 cm³/mol. The van der Waals surface area contributed by atoms with Crippen molar-refractivity contribution in [2.24, 2.45) is 4.99 Å². The average molecular weight is 517 g/mol. The molecule has 3 amide bonds. The highest BCUT2D eigenvalue weighted by atomic mass is 16.2. The quantitative estimate of drug-likeness (QED) is 0.340. The molecule has 1 atom stereocenters. The van der Waals surface area contributed by atoms with Crippen molar-refractivity contribution in [1.82, 2.24) is 4.90 Å². The van der Waals surface area contributed by atoms with Crippen molar-refractivity contribution in [2.75, 3.05) is 30.9 Å². The van der Waals surface area contributed by atoms with Gasteiger partial charge in [0.2, 0.25) is 11.8 Å². The molecule has 7 nitrogen and oxygen atoms in total. The van der Waals surface area contributed by atoms with E-state index in [4.69, 9.17) is 4.99 Å². The topological polar surface area (TPSA) is 82.1 Å². The molecule has 1 aliphatic heterocycles. The summed E-state index contributed by atoms with van der Waals surface area (Å²) in [6, 6.07) is 33.3. The summed E-state index contributed by atoms with van der Waals surface area (Å²) in [5.74, 6) is -1.15. The van der Waals surface area contributed by atoms with Gasteiger partial charge in [0, 0.05) is 31.0 Å². The van der Waals surface area contributed by atoms with E-state index in [2.05, 4.69) is 5.32 Å². The first-order valence-corrected chi connectivity index (χ1v) is 12.6. The first kappa shape index (κ1) is 25.6. The molecule has 0 bridgehead atoms. The molecule has 0 radical (unpaired) electrons.